The topological polar surface area (TPSA) is 3.88 Å². The molecule has 2 aliphatic carbocycles. The first kappa shape index (κ1) is 19.3. The third kappa shape index (κ3) is 3.25. The van der Waals surface area contributed by atoms with Crippen molar-refractivity contribution < 1.29 is 5.94 Å². The lowest BCUT2D eigenvalue weighted by Crippen LogP contribution is -2.32. The quantitative estimate of drug-likeness (QED) is 0.272. The van der Waals surface area contributed by atoms with E-state index in [1.165, 1.54) is 50.2 Å². The van der Waals surface area contributed by atoms with E-state index < -0.39 is 5.89 Å². The molecule has 0 N–H and O–H groups in total. The third-order valence-corrected chi connectivity index (χ3v) is 7.91. The molecule has 1 heterocycles. The van der Waals surface area contributed by atoms with Gasteiger partial charge in [-0.3, -0.25) is 0 Å². The van der Waals surface area contributed by atoms with Crippen LogP contribution < -0.4 is 4.57 Å². The van der Waals surface area contributed by atoms with Crippen LogP contribution in [0.25, 0.3) is 11.3 Å². The van der Waals surface area contributed by atoms with Gasteiger partial charge in [0.25, 0.3) is 0 Å². The SMILES string of the molecule is [2H]C(C)(C)c1cc[n+](C)c(-c2c(C)c3c(c4c2Cc2ccccc2C4)Cc2ccccc2C3)c1. The van der Waals surface area contributed by atoms with Gasteiger partial charge in [0, 0.05) is 13.5 Å². The highest BCUT2D eigenvalue weighted by Crippen LogP contribution is 2.43. The van der Waals surface area contributed by atoms with E-state index in [2.05, 4.69) is 85.4 Å². The average Bonchev–Trinajstić information content (AvgIpc) is 2.82. The van der Waals surface area contributed by atoms with E-state index in [4.69, 9.17) is 1.37 Å². The summed E-state index contributed by atoms with van der Waals surface area (Å²) in [5, 5.41) is 0. The molecular weight excluding hydrogens is 398 g/mol. The molecule has 0 saturated heterocycles. The zero-order chi connectivity index (χ0) is 23.6. The van der Waals surface area contributed by atoms with E-state index in [-0.39, 0.29) is 0 Å². The minimum atomic E-state index is -0.628. The first-order valence-electron chi connectivity index (χ1n) is 12.6. The Balaban J connectivity index is 1.64. The van der Waals surface area contributed by atoms with E-state index in [1.807, 2.05) is 13.8 Å². The Morgan fingerprint density at radius 1 is 0.727 bits per heavy atom. The predicted molar refractivity (Wildman–Crippen MR) is 136 cm³/mol. The number of hydrogen-bond acceptors (Lipinski definition) is 0. The molecule has 6 rings (SSSR count). The lowest BCUT2D eigenvalue weighted by Gasteiger charge is -2.31. The average molecular weight is 432 g/mol. The molecule has 33 heavy (non-hydrogen) atoms. The number of aryl methyl sites for hydroxylation is 1. The monoisotopic (exact) mass is 431 g/mol. The zero-order valence-corrected chi connectivity index (χ0v) is 20.1. The number of rotatable bonds is 2. The summed E-state index contributed by atoms with van der Waals surface area (Å²) in [5.74, 6) is -0.628. The van der Waals surface area contributed by atoms with Crippen LogP contribution in [0.3, 0.4) is 0 Å². The number of nitrogens with zero attached hydrogens (tertiary/aromatic N) is 1. The molecule has 3 aromatic carbocycles. The maximum absolute atomic E-state index is 8.66. The van der Waals surface area contributed by atoms with Crippen molar-refractivity contribution in [1.82, 2.24) is 0 Å². The molecule has 0 fully saturated rings. The summed E-state index contributed by atoms with van der Waals surface area (Å²) in [4.78, 5) is 0. The van der Waals surface area contributed by atoms with Crippen molar-refractivity contribution in [2.24, 2.45) is 7.05 Å². The summed E-state index contributed by atoms with van der Waals surface area (Å²) in [6, 6.07) is 22.3. The Morgan fingerprint density at radius 3 is 1.76 bits per heavy atom. The molecule has 0 radical (unpaired) electrons. The Kier molecular flexibility index (Phi) is 4.50. The Bertz CT molecular complexity index is 1460. The molecule has 0 aliphatic heterocycles. The third-order valence-electron chi connectivity index (χ3n) is 7.91. The van der Waals surface area contributed by atoms with Gasteiger partial charge in [-0.1, -0.05) is 62.4 Å². The Hall–Kier alpha value is -3.19. The van der Waals surface area contributed by atoms with Crippen LogP contribution in [-0.2, 0) is 32.7 Å². The van der Waals surface area contributed by atoms with Crippen LogP contribution >= 0.6 is 0 Å². The number of aromatic nitrogens is 1. The molecule has 0 unspecified atom stereocenters. The highest BCUT2D eigenvalue weighted by atomic mass is 14.9. The highest BCUT2D eigenvalue weighted by molar-refractivity contribution is 5.75. The lowest BCUT2D eigenvalue weighted by atomic mass is 9.72. The second kappa shape index (κ2) is 7.70. The van der Waals surface area contributed by atoms with E-state index in [0.29, 0.717) is 0 Å². The van der Waals surface area contributed by atoms with Crippen LogP contribution in [-0.4, -0.2) is 0 Å². The standard InChI is InChI=1S/C32H32N/c1-20(2)22-13-14-33(4)31(19-22)32-21(3)27-15-23-9-5-6-10-24(23)16-28(27)29-17-25-11-7-8-12-26(25)18-30(29)32/h5-14,19-20H,15-18H2,1-4H3/q+1/i20D. The summed E-state index contributed by atoms with van der Waals surface area (Å²) in [7, 11) is 2.15. The maximum atomic E-state index is 8.66. The first-order valence-corrected chi connectivity index (χ1v) is 12.1. The van der Waals surface area contributed by atoms with Gasteiger partial charge in [0.2, 0.25) is 5.69 Å². The summed E-state index contributed by atoms with van der Waals surface area (Å²) in [5.41, 5.74) is 17.1. The van der Waals surface area contributed by atoms with E-state index >= 15 is 0 Å². The molecule has 1 aromatic heterocycles. The molecule has 0 spiro atoms. The molecule has 1 heteroatoms. The van der Waals surface area contributed by atoms with Gasteiger partial charge >= 0.3 is 0 Å². The summed E-state index contributed by atoms with van der Waals surface area (Å²) in [6.45, 7) is 6.30. The van der Waals surface area contributed by atoms with Gasteiger partial charge in [0.05, 0.1) is 5.56 Å². The van der Waals surface area contributed by atoms with Crippen LogP contribution in [0.15, 0.2) is 66.9 Å². The van der Waals surface area contributed by atoms with Crippen LogP contribution in [0, 0.1) is 6.92 Å². The number of fused-ring (bicyclic) bond motifs is 5. The van der Waals surface area contributed by atoms with Crippen molar-refractivity contribution >= 4 is 0 Å². The van der Waals surface area contributed by atoms with Crippen LogP contribution in [0.5, 0.6) is 0 Å². The number of hydrogen-bond donors (Lipinski definition) is 0. The fraction of sp³-hybridized carbons (Fsp3) is 0.281. The normalized spacial score (nSPS) is 14.6. The van der Waals surface area contributed by atoms with Gasteiger partial charge < -0.3 is 0 Å². The van der Waals surface area contributed by atoms with Crippen molar-refractivity contribution in [3.05, 3.63) is 122 Å². The molecule has 0 saturated carbocycles. The summed E-state index contributed by atoms with van der Waals surface area (Å²) in [6.07, 6.45) is 6.16. The van der Waals surface area contributed by atoms with Gasteiger partial charge in [-0.25, -0.2) is 4.57 Å². The fourth-order valence-electron chi connectivity index (χ4n) is 6.02. The number of benzene rings is 3. The van der Waals surface area contributed by atoms with Crippen molar-refractivity contribution in [2.75, 3.05) is 0 Å². The van der Waals surface area contributed by atoms with Gasteiger partial charge in [-0.15, -0.1) is 0 Å². The minimum Gasteiger partial charge on any atom is -0.201 e. The van der Waals surface area contributed by atoms with Crippen molar-refractivity contribution in [3.63, 3.8) is 0 Å². The number of pyridine rings is 1. The molecule has 0 bridgehead atoms. The largest absolute Gasteiger partial charge is 0.213 e. The predicted octanol–water partition coefficient (Wildman–Crippen LogP) is 6.60. The molecule has 164 valence electrons. The van der Waals surface area contributed by atoms with E-state index in [9.17, 15) is 0 Å². The van der Waals surface area contributed by atoms with E-state index in [1.54, 1.807) is 11.1 Å². The molecule has 1 nitrogen and oxygen atoms in total. The Morgan fingerprint density at radius 2 is 1.21 bits per heavy atom. The fourth-order valence-corrected chi connectivity index (χ4v) is 6.02. The second-order valence-electron chi connectivity index (χ2n) is 10.1. The smallest absolute Gasteiger partial charge is 0.201 e. The van der Waals surface area contributed by atoms with Gasteiger partial charge in [-0.2, -0.15) is 0 Å². The molecule has 0 atom stereocenters. The van der Waals surface area contributed by atoms with Crippen LogP contribution in [0.1, 0.15) is 76.7 Å². The van der Waals surface area contributed by atoms with Gasteiger partial charge in [0.1, 0.15) is 7.05 Å². The van der Waals surface area contributed by atoms with Crippen LogP contribution in [0.4, 0.5) is 0 Å². The second-order valence-corrected chi connectivity index (χ2v) is 10.1. The molecule has 2 aliphatic rings. The van der Waals surface area contributed by atoms with E-state index in [0.717, 1.165) is 31.2 Å². The van der Waals surface area contributed by atoms with Gasteiger partial charge in [-0.05, 0) is 94.1 Å². The molecule has 0 amide bonds. The van der Waals surface area contributed by atoms with Crippen LogP contribution in [0.2, 0.25) is 0 Å². The zero-order valence-electron chi connectivity index (χ0n) is 21.1. The lowest BCUT2D eigenvalue weighted by molar-refractivity contribution is -0.660. The van der Waals surface area contributed by atoms with Gasteiger partial charge in [0.15, 0.2) is 6.20 Å². The Labute approximate surface area is 199 Å². The van der Waals surface area contributed by atoms with Crippen molar-refractivity contribution in [2.45, 2.75) is 52.3 Å². The first-order chi connectivity index (χ1) is 16.3. The van der Waals surface area contributed by atoms with Crippen molar-refractivity contribution in [1.29, 1.82) is 0 Å². The summed E-state index contributed by atoms with van der Waals surface area (Å²) < 4.78 is 10.9. The molecule has 4 aromatic rings. The van der Waals surface area contributed by atoms with Crippen molar-refractivity contribution in [3.8, 4) is 11.3 Å². The highest BCUT2D eigenvalue weighted by Gasteiger charge is 2.31. The molecular formula is C32H32N+. The summed E-state index contributed by atoms with van der Waals surface area (Å²) >= 11 is 0. The minimum absolute atomic E-state index is 0.628. The maximum Gasteiger partial charge on any atom is 0.213 e.